The lowest BCUT2D eigenvalue weighted by atomic mass is 10.0. The van der Waals surface area contributed by atoms with E-state index in [4.69, 9.17) is 4.74 Å². The third-order valence-electron chi connectivity index (χ3n) is 7.00. The van der Waals surface area contributed by atoms with Crippen molar-refractivity contribution in [3.63, 3.8) is 0 Å². The molecular weight excluding hydrogens is 600 g/mol. The van der Waals surface area contributed by atoms with Crippen LogP contribution >= 0.6 is 0 Å². The summed E-state index contributed by atoms with van der Waals surface area (Å²) < 4.78 is 62.0. The number of rotatable bonds is 14. The summed E-state index contributed by atoms with van der Waals surface area (Å²) in [5, 5.41) is 2.78. The van der Waals surface area contributed by atoms with E-state index in [9.17, 15) is 26.8 Å². The fourth-order valence-electron chi connectivity index (χ4n) is 4.77. The van der Waals surface area contributed by atoms with Crippen molar-refractivity contribution in [1.29, 1.82) is 0 Å². The van der Waals surface area contributed by atoms with Gasteiger partial charge < -0.3 is 15.0 Å². The summed E-state index contributed by atoms with van der Waals surface area (Å²) in [7, 11) is -4.36. The number of halogens is 2. The van der Waals surface area contributed by atoms with Crippen molar-refractivity contribution in [2.45, 2.75) is 37.8 Å². The van der Waals surface area contributed by atoms with Gasteiger partial charge in [0.2, 0.25) is 11.8 Å². The maximum atomic E-state index is 14.3. The minimum atomic E-state index is -4.36. The minimum Gasteiger partial charge on any atom is -0.494 e. The van der Waals surface area contributed by atoms with E-state index < -0.39 is 46.1 Å². The Morgan fingerprint density at radius 1 is 0.800 bits per heavy atom. The monoisotopic (exact) mass is 635 g/mol. The molecule has 0 aliphatic heterocycles. The maximum absolute atomic E-state index is 14.3. The van der Waals surface area contributed by atoms with Crippen LogP contribution in [-0.2, 0) is 32.6 Å². The molecule has 45 heavy (non-hydrogen) atoms. The van der Waals surface area contributed by atoms with E-state index in [1.165, 1.54) is 65.6 Å². The number of carbonyl (C=O) groups is 2. The molecule has 0 saturated carbocycles. The largest absolute Gasteiger partial charge is 0.494 e. The number of amides is 2. The Kier molecular flexibility index (Phi) is 11.3. The molecule has 0 fully saturated rings. The Hall–Kier alpha value is -4.77. The van der Waals surface area contributed by atoms with E-state index in [-0.39, 0.29) is 23.5 Å². The predicted molar refractivity (Wildman–Crippen MR) is 168 cm³/mol. The summed E-state index contributed by atoms with van der Waals surface area (Å²) in [5.41, 5.74) is 1.37. The standard InChI is InChI=1S/C34H35F2N3O5S/c1-3-37-34(41)32(22-25-8-6-5-7-9-25)38(23-26-10-12-27(35)13-11-26)33(40)24-39(29-16-14-28(36)15-17-29)45(42,43)31-20-18-30(19-21-31)44-4-2/h5-21,32H,3-4,22-24H2,1-2H3,(H,37,41)/t32-/m1/s1. The Balaban J connectivity index is 1.77. The van der Waals surface area contributed by atoms with Gasteiger partial charge in [-0.2, -0.15) is 0 Å². The average Bonchev–Trinajstić information content (AvgIpc) is 3.04. The van der Waals surface area contributed by atoms with E-state index in [0.29, 0.717) is 24.5 Å². The fourth-order valence-corrected chi connectivity index (χ4v) is 6.18. The fraction of sp³-hybridized carbons (Fsp3) is 0.235. The Labute approximate surface area is 262 Å². The van der Waals surface area contributed by atoms with Crippen LogP contribution in [0.1, 0.15) is 25.0 Å². The third-order valence-corrected chi connectivity index (χ3v) is 8.79. The molecule has 2 amide bonds. The molecule has 0 aromatic heterocycles. The summed E-state index contributed by atoms with van der Waals surface area (Å²) >= 11 is 0. The van der Waals surface area contributed by atoms with Crippen molar-refractivity contribution >= 4 is 27.5 Å². The van der Waals surface area contributed by atoms with Gasteiger partial charge in [-0.05, 0) is 85.6 Å². The van der Waals surface area contributed by atoms with Gasteiger partial charge in [0, 0.05) is 19.5 Å². The van der Waals surface area contributed by atoms with Crippen LogP contribution in [0.2, 0.25) is 0 Å². The topological polar surface area (TPSA) is 96.0 Å². The predicted octanol–water partition coefficient (Wildman–Crippen LogP) is 5.34. The second kappa shape index (κ2) is 15.3. The molecule has 1 N–H and O–H groups in total. The zero-order chi connectivity index (χ0) is 32.4. The molecule has 0 saturated heterocycles. The van der Waals surface area contributed by atoms with Gasteiger partial charge in [0.05, 0.1) is 17.2 Å². The lowest BCUT2D eigenvalue weighted by Crippen LogP contribution is -2.53. The Morgan fingerprint density at radius 2 is 1.40 bits per heavy atom. The molecule has 11 heteroatoms. The SMILES string of the molecule is CCNC(=O)[C@@H](Cc1ccccc1)N(Cc1ccc(F)cc1)C(=O)CN(c1ccc(F)cc1)S(=O)(=O)c1ccc(OCC)cc1. The van der Waals surface area contributed by atoms with Crippen molar-refractivity contribution in [2.75, 3.05) is 24.0 Å². The normalized spacial score (nSPS) is 11.8. The number of nitrogens with one attached hydrogen (secondary N) is 1. The molecular formula is C34H35F2N3O5S. The molecule has 1 atom stereocenters. The summed E-state index contributed by atoms with van der Waals surface area (Å²) in [6, 6.07) is 24.1. The van der Waals surface area contributed by atoms with Crippen LogP contribution < -0.4 is 14.4 Å². The summed E-state index contributed by atoms with van der Waals surface area (Å²) in [6.07, 6.45) is 0.141. The molecule has 0 spiro atoms. The summed E-state index contributed by atoms with van der Waals surface area (Å²) in [5.74, 6) is -1.70. The van der Waals surface area contributed by atoms with E-state index in [0.717, 1.165) is 22.0 Å². The highest BCUT2D eigenvalue weighted by atomic mass is 32.2. The third kappa shape index (κ3) is 8.66. The van der Waals surface area contributed by atoms with Gasteiger partial charge in [0.1, 0.15) is 30.0 Å². The van der Waals surface area contributed by atoms with E-state index in [1.807, 2.05) is 30.3 Å². The van der Waals surface area contributed by atoms with Crippen LogP contribution in [0, 0.1) is 11.6 Å². The van der Waals surface area contributed by atoms with Crippen molar-refractivity contribution in [3.05, 3.63) is 126 Å². The Morgan fingerprint density at radius 3 is 1.98 bits per heavy atom. The van der Waals surface area contributed by atoms with Crippen molar-refractivity contribution in [2.24, 2.45) is 0 Å². The molecule has 0 heterocycles. The first-order chi connectivity index (χ1) is 21.6. The highest BCUT2D eigenvalue weighted by molar-refractivity contribution is 7.92. The van der Waals surface area contributed by atoms with Crippen LogP contribution in [0.5, 0.6) is 5.75 Å². The number of anilines is 1. The second-order valence-corrected chi connectivity index (χ2v) is 12.0. The number of sulfonamides is 1. The molecule has 236 valence electrons. The van der Waals surface area contributed by atoms with E-state index in [2.05, 4.69) is 5.32 Å². The molecule has 4 aromatic rings. The Bertz CT molecular complexity index is 1670. The zero-order valence-corrected chi connectivity index (χ0v) is 25.8. The molecule has 0 radical (unpaired) electrons. The first kappa shape index (κ1) is 33.1. The van der Waals surface area contributed by atoms with Gasteiger partial charge in [-0.3, -0.25) is 13.9 Å². The first-order valence-electron chi connectivity index (χ1n) is 14.5. The van der Waals surface area contributed by atoms with Crippen LogP contribution in [-0.4, -0.2) is 50.9 Å². The molecule has 4 aromatic carbocycles. The lowest BCUT2D eigenvalue weighted by Gasteiger charge is -2.33. The van der Waals surface area contributed by atoms with Gasteiger partial charge in [-0.1, -0.05) is 42.5 Å². The maximum Gasteiger partial charge on any atom is 0.264 e. The van der Waals surface area contributed by atoms with Crippen molar-refractivity contribution < 1.29 is 31.5 Å². The van der Waals surface area contributed by atoms with Crippen LogP contribution in [0.15, 0.2) is 108 Å². The van der Waals surface area contributed by atoms with Gasteiger partial charge in [0.25, 0.3) is 10.0 Å². The second-order valence-electron chi connectivity index (χ2n) is 10.1. The number of hydrogen-bond acceptors (Lipinski definition) is 5. The molecule has 0 aliphatic rings. The van der Waals surface area contributed by atoms with E-state index >= 15 is 0 Å². The van der Waals surface area contributed by atoms with Crippen LogP contribution in [0.4, 0.5) is 14.5 Å². The number of likely N-dealkylation sites (N-methyl/N-ethyl adjacent to an activating group) is 1. The minimum absolute atomic E-state index is 0.0537. The number of hydrogen-bond donors (Lipinski definition) is 1. The molecule has 0 bridgehead atoms. The van der Waals surface area contributed by atoms with Gasteiger partial charge in [-0.25, -0.2) is 17.2 Å². The van der Waals surface area contributed by atoms with Gasteiger partial charge in [0.15, 0.2) is 0 Å². The van der Waals surface area contributed by atoms with Crippen molar-refractivity contribution in [3.8, 4) is 5.75 Å². The summed E-state index contributed by atoms with van der Waals surface area (Å²) in [6.45, 7) is 3.44. The number of ether oxygens (including phenoxy) is 1. The van der Waals surface area contributed by atoms with E-state index in [1.54, 1.807) is 13.8 Å². The number of nitrogens with zero attached hydrogens (tertiary/aromatic N) is 2. The van der Waals surface area contributed by atoms with Gasteiger partial charge in [-0.15, -0.1) is 0 Å². The molecule has 0 aliphatic carbocycles. The highest BCUT2D eigenvalue weighted by Gasteiger charge is 2.34. The zero-order valence-electron chi connectivity index (χ0n) is 25.0. The number of benzene rings is 4. The van der Waals surface area contributed by atoms with Crippen LogP contribution in [0.25, 0.3) is 0 Å². The highest BCUT2D eigenvalue weighted by Crippen LogP contribution is 2.27. The number of carbonyl (C=O) groups excluding carboxylic acids is 2. The smallest absolute Gasteiger partial charge is 0.264 e. The molecule has 8 nitrogen and oxygen atoms in total. The quantitative estimate of drug-likeness (QED) is 0.202. The lowest BCUT2D eigenvalue weighted by molar-refractivity contribution is -0.140. The summed E-state index contributed by atoms with van der Waals surface area (Å²) in [4.78, 5) is 29.0. The first-order valence-corrected chi connectivity index (χ1v) is 15.9. The molecule has 4 rings (SSSR count). The molecule has 0 unspecified atom stereocenters. The van der Waals surface area contributed by atoms with Crippen LogP contribution in [0.3, 0.4) is 0 Å². The average molecular weight is 636 g/mol. The van der Waals surface area contributed by atoms with Gasteiger partial charge >= 0.3 is 0 Å². The van der Waals surface area contributed by atoms with Crippen molar-refractivity contribution in [1.82, 2.24) is 10.2 Å².